The van der Waals surface area contributed by atoms with Crippen LogP contribution >= 0.6 is 0 Å². The van der Waals surface area contributed by atoms with Gasteiger partial charge in [0.05, 0.1) is 5.69 Å². The summed E-state index contributed by atoms with van der Waals surface area (Å²) in [6, 6.07) is 4.21. The number of aryl methyl sites for hydroxylation is 3. The van der Waals surface area contributed by atoms with E-state index in [1.54, 1.807) is 6.20 Å². The molecule has 0 unspecified atom stereocenters. The number of hydrogen-bond acceptors (Lipinski definition) is 4. The Labute approximate surface area is 178 Å². The van der Waals surface area contributed by atoms with E-state index in [0.29, 0.717) is 31.3 Å². The van der Waals surface area contributed by atoms with Crippen LogP contribution in [-0.2, 0) is 22.6 Å². The van der Waals surface area contributed by atoms with Gasteiger partial charge < -0.3 is 9.80 Å². The molecule has 0 saturated carbocycles. The first-order valence-electron chi connectivity index (χ1n) is 10.9. The minimum Gasteiger partial charge on any atom is -0.342 e. The van der Waals surface area contributed by atoms with Crippen molar-refractivity contribution in [1.82, 2.24) is 24.6 Å². The highest BCUT2D eigenvalue weighted by Crippen LogP contribution is 2.33. The first kappa shape index (κ1) is 20.6. The van der Waals surface area contributed by atoms with Crippen LogP contribution in [0.2, 0.25) is 0 Å². The number of likely N-dealkylation sites (tertiary alicyclic amines) is 2. The molecule has 0 radical (unpaired) electrons. The van der Waals surface area contributed by atoms with Gasteiger partial charge in [0.15, 0.2) is 0 Å². The van der Waals surface area contributed by atoms with Gasteiger partial charge in [0.2, 0.25) is 11.8 Å². The van der Waals surface area contributed by atoms with Gasteiger partial charge in [-0.05, 0) is 50.8 Å². The van der Waals surface area contributed by atoms with Gasteiger partial charge in [-0.25, -0.2) is 0 Å². The van der Waals surface area contributed by atoms with Gasteiger partial charge in [0, 0.05) is 69.1 Å². The minimum absolute atomic E-state index is 0.206. The van der Waals surface area contributed by atoms with E-state index in [0.717, 1.165) is 49.4 Å². The monoisotopic (exact) mass is 409 g/mol. The predicted molar refractivity (Wildman–Crippen MR) is 114 cm³/mol. The fraction of sp³-hybridized carbons (Fsp3) is 0.565. The smallest absolute Gasteiger partial charge is 0.224 e. The summed E-state index contributed by atoms with van der Waals surface area (Å²) >= 11 is 0. The zero-order valence-corrected chi connectivity index (χ0v) is 18.2. The molecule has 2 fully saturated rings. The largest absolute Gasteiger partial charge is 0.342 e. The highest BCUT2D eigenvalue weighted by molar-refractivity contribution is 5.78. The van der Waals surface area contributed by atoms with Gasteiger partial charge in [0.25, 0.3) is 0 Å². The van der Waals surface area contributed by atoms with Crippen LogP contribution in [-0.4, -0.2) is 62.1 Å². The third-order valence-electron chi connectivity index (χ3n) is 6.83. The van der Waals surface area contributed by atoms with Crippen LogP contribution in [0.25, 0.3) is 0 Å². The van der Waals surface area contributed by atoms with E-state index in [9.17, 15) is 9.59 Å². The predicted octanol–water partition coefficient (Wildman–Crippen LogP) is 2.29. The summed E-state index contributed by atoms with van der Waals surface area (Å²) in [6.07, 6.45) is 6.19. The molecule has 160 valence electrons. The molecule has 0 bridgehead atoms. The fourth-order valence-corrected chi connectivity index (χ4v) is 4.68. The van der Waals surface area contributed by atoms with Crippen molar-refractivity contribution in [2.24, 2.45) is 5.92 Å². The lowest BCUT2D eigenvalue weighted by atomic mass is 9.82. The van der Waals surface area contributed by atoms with Crippen molar-refractivity contribution in [3.63, 3.8) is 0 Å². The molecule has 2 amide bonds. The van der Waals surface area contributed by atoms with Crippen molar-refractivity contribution in [1.29, 1.82) is 0 Å². The highest BCUT2D eigenvalue weighted by Gasteiger charge is 2.45. The lowest BCUT2D eigenvalue weighted by Gasteiger charge is -2.53. The molecule has 0 aliphatic carbocycles. The van der Waals surface area contributed by atoms with Gasteiger partial charge in [-0.15, -0.1) is 0 Å². The molecular formula is C23H31N5O2. The summed E-state index contributed by atoms with van der Waals surface area (Å²) in [5.74, 6) is 0.834. The van der Waals surface area contributed by atoms with Crippen LogP contribution in [0.3, 0.4) is 0 Å². The van der Waals surface area contributed by atoms with Crippen molar-refractivity contribution < 1.29 is 9.59 Å². The average Bonchev–Trinajstić information content (AvgIpc) is 2.98. The van der Waals surface area contributed by atoms with E-state index in [-0.39, 0.29) is 11.8 Å². The van der Waals surface area contributed by atoms with Crippen LogP contribution in [0.5, 0.6) is 0 Å². The minimum atomic E-state index is 0.206. The molecule has 0 aromatic carbocycles. The molecule has 0 spiro atoms. The zero-order chi connectivity index (χ0) is 21.3. The van der Waals surface area contributed by atoms with Gasteiger partial charge in [-0.1, -0.05) is 6.07 Å². The number of carbonyl (C=O) groups excluding carboxylic acids is 2. The maximum Gasteiger partial charge on any atom is 0.224 e. The van der Waals surface area contributed by atoms with Crippen molar-refractivity contribution in [3.05, 3.63) is 47.0 Å². The van der Waals surface area contributed by atoms with E-state index in [4.69, 9.17) is 0 Å². The standard InChI is InChI=1S/C23H31N5O2/c1-16-17(2)25-28(18(16)3)12-9-23(30)27-15-20-14-26(11-8-21(20)27)22(29)7-6-19-5-4-10-24-13-19/h4-5,10,13,20-21H,6-9,11-12,14-15H2,1-3H3/t20-,21-/m0/s1. The maximum absolute atomic E-state index is 12.7. The van der Waals surface area contributed by atoms with Crippen LogP contribution in [0.4, 0.5) is 0 Å². The summed E-state index contributed by atoms with van der Waals surface area (Å²) in [6.45, 7) is 9.05. The van der Waals surface area contributed by atoms with E-state index in [2.05, 4.69) is 23.9 Å². The molecule has 2 aromatic rings. The summed E-state index contributed by atoms with van der Waals surface area (Å²) in [5, 5.41) is 4.53. The van der Waals surface area contributed by atoms with Crippen molar-refractivity contribution in [3.8, 4) is 0 Å². The molecule has 4 heterocycles. The molecule has 0 N–H and O–H groups in total. The molecule has 30 heavy (non-hydrogen) atoms. The molecule has 2 aliphatic rings. The lowest BCUT2D eigenvalue weighted by molar-refractivity contribution is -0.152. The quantitative estimate of drug-likeness (QED) is 0.734. The number of fused-ring (bicyclic) bond motifs is 1. The molecule has 7 heteroatoms. The Morgan fingerprint density at radius 2 is 1.97 bits per heavy atom. The number of aromatic nitrogens is 3. The number of piperidine rings is 1. The number of amides is 2. The SMILES string of the molecule is Cc1nn(CCC(=O)N2C[C@@H]3CN(C(=O)CCc4cccnc4)CC[C@@H]32)c(C)c1C. The first-order chi connectivity index (χ1) is 14.4. The summed E-state index contributed by atoms with van der Waals surface area (Å²) in [7, 11) is 0. The molecule has 2 atom stereocenters. The van der Waals surface area contributed by atoms with Gasteiger partial charge in [0.1, 0.15) is 0 Å². The second kappa shape index (κ2) is 8.58. The molecular weight excluding hydrogens is 378 g/mol. The van der Waals surface area contributed by atoms with Crippen molar-refractivity contribution in [2.45, 2.75) is 59.0 Å². The van der Waals surface area contributed by atoms with E-state index in [1.807, 2.05) is 39.7 Å². The molecule has 2 saturated heterocycles. The Morgan fingerprint density at radius 3 is 2.63 bits per heavy atom. The Morgan fingerprint density at radius 1 is 1.13 bits per heavy atom. The summed E-state index contributed by atoms with van der Waals surface area (Å²) in [4.78, 5) is 33.4. The third kappa shape index (κ3) is 4.11. The lowest BCUT2D eigenvalue weighted by Crippen LogP contribution is -2.65. The first-order valence-corrected chi connectivity index (χ1v) is 10.9. The number of rotatable bonds is 6. The van der Waals surface area contributed by atoms with Gasteiger partial charge in [-0.2, -0.15) is 5.10 Å². The Balaban J connectivity index is 1.23. The van der Waals surface area contributed by atoms with Crippen molar-refractivity contribution in [2.75, 3.05) is 19.6 Å². The molecule has 4 rings (SSSR count). The summed E-state index contributed by atoms with van der Waals surface area (Å²) < 4.78 is 1.95. The number of carbonyl (C=O) groups is 2. The molecule has 7 nitrogen and oxygen atoms in total. The second-order valence-corrected chi connectivity index (χ2v) is 8.63. The number of pyridine rings is 1. The van der Waals surface area contributed by atoms with Crippen LogP contribution in [0.1, 0.15) is 41.8 Å². The topological polar surface area (TPSA) is 71.3 Å². The molecule has 2 aromatic heterocycles. The number of hydrogen-bond donors (Lipinski definition) is 0. The second-order valence-electron chi connectivity index (χ2n) is 8.63. The van der Waals surface area contributed by atoms with Gasteiger partial charge >= 0.3 is 0 Å². The van der Waals surface area contributed by atoms with Gasteiger partial charge in [-0.3, -0.25) is 19.3 Å². The van der Waals surface area contributed by atoms with Crippen LogP contribution < -0.4 is 0 Å². The molecule has 2 aliphatic heterocycles. The van der Waals surface area contributed by atoms with Crippen LogP contribution in [0, 0.1) is 26.7 Å². The van der Waals surface area contributed by atoms with E-state index >= 15 is 0 Å². The Bertz CT molecular complexity index is 923. The highest BCUT2D eigenvalue weighted by atomic mass is 16.2. The summed E-state index contributed by atoms with van der Waals surface area (Å²) in [5.41, 5.74) is 4.47. The van der Waals surface area contributed by atoms with E-state index < -0.39 is 0 Å². The average molecular weight is 410 g/mol. The van der Waals surface area contributed by atoms with E-state index in [1.165, 1.54) is 5.56 Å². The van der Waals surface area contributed by atoms with Crippen molar-refractivity contribution >= 4 is 11.8 Å². The fourth-order valence-electron chi connectivity index (χ4n) is 4.68. The normalized spacial score (nSPS) is 20.6. The Kier molecular flexibility index (Phi) is 5.88. The van der Waals surface area contributed by atoms with Crippen LogP contribution in [0.15, 0.2) is 24.5 Å². The third-order valence-corrected chi connectivity index (χ3v) is 6.83. The Hall–Kier alpha value is -2.70. The maximum atomic E-state index is 12.7. The zero-order valence-electron chi connectivity index (χ0n) is 18.2. The number of nitrogens with zero attached hydrogens (tertiary/aromatic N) is 5.